The van der Waals surface area contributed by atoms with Gasteiger partial charge in [0.15, 0.2) is 0 Å². The van der Waals surface area contributed by atoms with Crippen molar-refractivity contribution >= 4 is 0 Å². The lowest BCUT2D eigenvalue weighted by Crippen LogP contribution is -2.18. The first kappa shape index (κ1) is 11.1. The van der Waals surface area contributed by atoms with Crippen LogP contribution >= 0.6 is 0 Å². The molecule has 0 radical (unpaired) electrons. The minimum atomic E-state index is 0.878. The van der Waals surface area contributed by atoms with E-state index in [1.54, 1.807) is 0 Å². The molecule has 0 heterocycles. The van der Waals surface area contributed by atoms with Gasteiger partial charge in [-0.1, -0.05) is 41.0 Å². The van der Waals surface area contributed by atoms with Crippen LogP contribution in [0.25, 0.3) is 0 Å². The fourth-order valence-electron chi connectivity index (χ4n) is 2.54. The van der Waals surface area contributed by atoms with Gasteiger partial charge in [0.2, 0.25) is 0 Å². The Morgan fingerprint density at radius 3 is 2.08 bits per heavy atom. The van der Waals surface area contributed by atoms with Gasteiger partial charge in [-0.2, -0.15) is 0 Å². The Bertz CT molecular complexity index is 148. The van der Waals surface area contributed by atoms with Gasteiger partial charge in [-0.25, -0.2) is 0 Å². The molecule has 1 saturated carbocycles. The second-order valence-electron chi connectivity index (χ2n) is 5.50. The van der Waals surface area contributed by atoms with Crippen LogP contribution in [0.1, 0.15) is 53.9 Å². The Labute approximate surface area is 84.1 Å². The smallest absolute Gasteiger partial charge is 0.0363 e. The molecule has 1 rings (SSSR count). The molecule has 13 heavy (non-hydrogen) atoms. The first-order valence-electron chi connectivity index (χ1n) is 6.06. The Kier molecular flexibility index (Phi) is 3.82. The zero-order valence-electron chi connectivity index (χ0n) is 10.0. The molecule has 0 aromatic carbocycles. The fraction of sp³-hybridized carbons (Fsp3) is 1.00. The van der Waals surface area contributed by atoms with E-state index < -0.39 is 0 Å². The van der Waals surface area contributed by atoms with E-state index in [2.05, 4.69) is 34.6 Å². The summed E-state index contributed by atoms with van der Waals surface area (Å²) in [6.45, 7) is 11.9. The van der Waals surface area contributed by atoms with Crippen LogP contribution in [0.2, 0.25) is 0 Å². The molecule has 0 spiro atoms. The molecule has 0 aromatic heterocycles. The van der Waals surface area contributed by atoms with Crippen molar-refractivity contribution in [1.29, 1.82) is 0 Å². The zero-order chi connectivity index (χ0) is 10.0. The first-order chi connectivity index (χ1) is 6.06. The zero-order valence-corrected chi connectivity index (χ0v) is 10.0. The highest BCUT2D eigenvalue weighted by Gasteiger charge is 2.36. The maximum atomic E-state index is 2.43. The van der Waals surface area contributed by atoms with Crippen LogP contribution in [0.5, 0.6) is 0 Å². The van der Waals surface area contributed by atoms with Crippen LogP contribution in [0.3, 0.4) is 0 Å². The molecule has 4 unspecified atom stereocenters. The standard InChI is InChI=1S/C13H26/c1-6-10(4)13(9(2)3)8-12-7-11(12)5/h9-13H,6-8H2,1-5H3. The van der Waals surface area contributed by atoms with Gasteiger partial charge in [-0.3, -0.25) is 0 Å². The Morgan fingerprint density at radius 1 is 1.23 bits per heavy atom. The van der Waals surface area contributed by atoms with E-state index in [9.17, 15) is 0 Å². The fourth-order valence-corrected chi connectivity index (χ4v) is 2.54. The van der Waals surface area contributed by atoms with E-state index in [1.807, 2.05) is 0 Å². The minimum absolute atomic E-state index is 0.878. The quantitative estimate of drug-likeness (QED) is 0.593. The summed E-state index contributed by atoms with van der Waals surface area (Å²) in [4.78, 5) is 0. The van der Waals surface area contributed by atoms with E-state index >= 15 is 0 Å². The van der Waals surface area contributed by atoms with Gasteiger partial charge in [0.1, 0.15) is 0 Å². The molecule has 0 N–H and O–H groups in total. The van der Waals surface area contributed by atoms with Gasteiger partial charge >= 0.3 is 0 Å². The topological polar surface area (TPSA) is 0 Å². The maximum absolute atomic E-state index is 2.43. The van der Waals surface area contributed by atoms with Crippen LogP contribution in [-0.4, -0.2) is 0 Å². The SMILES string of the molecule is CCC(C)C(CC1CC1C)C(C)C. The molecule has 0 aliphatic heterocycles. The summed E-state index contributed by atoms with van der Waals surface area (Å²) in [7, 11) is 0. The predicted octanol–water partition coefficient (Wildman–Crippen LogP) is 4.35. The van der Waals surface area contributed by atoms with Gasteiger partial charge in [0.25, 0.3) is 0 Å². The molecule has 4 atom stereocenters. The van der Waals surface area contributed by atoms with Crippen LogP contribution in [0.15, 0.2) is 0 Å². The van der Waals surface area contributed by atoms with E-state index in [0.717, 1.165) is 29.6 Å². The summed E-state index contributed by atoms with van der Waals surface area (Å²) in [5.74, 6) is 4.88. The van der Waals surface area contributed by atoms with Crippen LogP contribution in [-0.2, 0) is 0 Å². The van der Waals surface area contributed by atoms with E-state index in [1.165, 1.54) is 19.3 Å². The largest absolute Gasteiger partial charge is 0.0651 e. The van der Waals surface area contributed by atoms with Crippen LogP contribution in [0.4, 0.5) is 0 Å². The molecule has 0 amide bonds. The Hall–Kier alpha value is 0. The highest BCUT2D eigenvalue weighted by Crippen LogP contribution is 2.45. The van der Waals surface area contributed by atoms with E-state index in [-0.39, 0.29) is 0 Å². The van der Waals surface area contributed by atoms with Gasteiger partial charge in [0.05, 0.1) is 0 Å². The molecule has 0 aromatic rings. The lowest BCUT2D eigenvalue weighted by atomic mass is 9.79. The molecule has 0 bridgehead atoms. The van der Waals surface area contributed by atoms with Gasteiger partial charge in [-0.05, 0) is 42.4 Å². The third kappa shape index (κ3) is 3.00. The predicted molar refractivity (Wildman–Crippen MR) is 59.7 cm³/mol. The number of rotatable bonds is 5. The number of hydrogen-bond donors (Lipinski definition) is 0. The van der Waals surface area contributed by atoms with Crippen molar-refractivity contribution in [1.82, 2.24) is 0 Å². The third-order valence-corrected chi connectivity index (χ3v) is 4.08. The summed E-state index contributed by atoms with van der Waals surface area (Å²) in [5.41, 5.74) is 0. The molecule has 78 valence electrons. The second-order valence-corrected chi connectivity index (χ2v) is 5.50. The summed E-state index contributed by atoms with van der Waals surface area (Å²) < 4.78 is 0. The van der Waals surface area contributed by atoms with Gasteiger partial charge < -0.3 is 0 Å². The molecular formula is C13H26. The summed E-state index contributed by atoms with van der Waals surface area (Å²) in [6.07, 6.45) is 4.34. The summed E-state index contributed by atoms with van der Waals surface area (Å²) in [6, 6.07) is 0. The van der Waals surface area contributed by atoms with E-state index in [0.29, 0.717) is 0 Å². The molecule has 0 heteroatoms. The van der Waals surface area contributed by atoms with Crippen LogP contribution < -0.4 is 0 Å². The highest BCUT2D eigenvalue weighted by molar-refractivity contribution is 4.86. The van der Waals surface area contributed by atoms with Crippen LogP contribution in [0, 0.1) is 29.6 Å². The Balaban J connectivity index is 2.38. The lowest BCUT2D eigenvalue weighted by molar-refractivity contribution is 0.233. The molecule has 1 fully saturated rings. The molecule has 0 saturated heterocycles. The van der Waals surface area contributed by atoms with Crippen molar-refractivity contribution in [3.63, 3.8) is 0 Å². The normalized spacial score (nSPS) is 31.8. The van der Waals surface area contributed by atoms with Crippen molar-refractivity contribution in [2.75, 3.05) is 0 Å². The molecular weight excluding hydrogens is 156 g/mol. The molecule has 1 aliphatic carbocycles. The van der Waals surface area contributed by atoms with Gasteiger partial charge in [-0.15, -0.1) is 0 Å². The van der Waals surface area contributed by atoms with Crippen molar-refractivity contribution < 1.29 is 0 Å². The van der Waals surface area contributed by atoms with E-state index in [4.69, 9.17) is 0 Å². The Morgan fingerprint density at radius 2 is 1.77 bits per heavy atom. The maximum Gasteiger partial charge on any atom is -0.0363 e. The van der Waals surface area contributed by atoms with Crippen molar-refractivity contribution in [3.05, 3.63) is 0 Å². The molecule has 1 aliphatic rings. The minimum Gasteiger partial charge on any atom is -0.0651 e. The summed E-state index contributed by atoms with van der Waals surface area (Å²) >= 11 is 0. The third-order valence-electron chi connectivity index (χ3n) is 4.08. The molecule has 0 nitrogen and oxygen atoms in total. The monoisotopic (exact) mass is 182 g/mol. The number of hydrogen-bond acceptors (Lipinski definition) is 0. The first-order valence-corrected chi connectivity index (χ1v) is 6.06. The van der Waals surface area contributed by atoms with Crippen molar-refractivity contribution in [3.8, 4) is 0 Å². The second kappa shape index (κ2) is 4.48. The lowest BCUT2D eigenvalue weighted by Gasteiger charge is -2.26. The van der Waals surface area contributed by atoms with Gasteiger partial charge in [0, 0.05) is 0 Å². The average Bonchev–Trinajstić information content (AvgIpc) is 2.76. The summed E-state index contributed by atoms with van der Waals surface area (Å²) in [5, 5.41) is 0. The van der Waals surface area contributed by atoms with Crippen molar-refractivity contribution in [2.24, 2.45) is 29.6 Å². The highest BCUT2D eigenvalue weighted by atomic mass is 14.4. The van der Waals surface area contributed by atoms with Crippen molar-refractivity contribution in [2.45, 2.75) is 53.9 Å². The average molecular weight is 182 g/mol.